The van der Waals surface area contributed by atoms with E-state index in [4.69, 9.17) is 15.2 Å². The van der Waals surface area contributed by atoms with Gasteiger partial charge < -0.3 is 15.2 Å². The van der Waals surface area contributed by atoms with Crippen LogP contribution in [0.3, 0.4) is 0 Å². The molecule has 0 aromatic rings. The molecule has 2 N–H and O–H groups in total. The molecule has 0 amide bonds. The molecule has 0 bridgehead atoms. The standard InChI is InChI=1S/C12H26N2O2/c1-4-6-15-7-5-14-9-11(8-13)16-12(2,3)10-14/h11H,4-10,13H2,1-3H3. The van der Waals surface area contributed by atoms with Gasteiger partial charge in [0.15, 0.2) is 0 Å². The summed E-state index contributed by atoms with van der Waals surface area (Å²) in [4.78, 5) is 2.39. The van der Waals surface area contributed by atoms with Crippen LogP contribution in [0.25, 0.3) is 0 Å². The Morgan fingerprint density at radius 3 is 2.81 bits per heavy atom. The minimum absolute atomic E-state index is 0.0902. The van der Waals surface area contributed by atoms with E-state index in [1.165, 1.54) is 0 Å². The molecule has 1 fully saturated rings. The lowest BCUT2D eigenvalue weighted by Crippen LogP contribution is -2.55. The maximum Gasteiger partial charge on any atom is 0.0831 e. The van der Waals surface area contributed by atoms with Gasteiger partial charge in [0.1, 0.15) is 0 Å². The molecule has 0 radical (unpaired) electrons. The lowest BCUT2D eigenvalue weighted by molar-refractivity contribution is -0.134. The van der Waals surface area contributed by atoms with E-state index in [1.54, 1.807) is 0 Å². The van der Waals surface area contributed by atoms with Crippen LogP contribution >= 0.6 is 0 Å². The number of rotatable bonds is 6. The van der Waals surface area contributed by atoms with Crippen molar-refractivity contribution < 1.29 is 9.47 Å². The Morgan fingerprint density at radius 1 is 1.44 bits per heavy atom. The van der Waals surface area contributed by atoms with Crippen LogP contribution in [0.1, 0.15) is 27.2 Å². The van der Waals surface area contributed by atoms with Gasteiger partial charge in [-0.2, -0.15) is 0 Å². The predicted molar refractivity (Wildman–Crippen MR) is 65.6 cm³/mol. The zero-order chi connectivity index (χ0) is 12.0. The first-order chi connectivity index (χ1) is 7.57. The Bertz CT molecular complexity index is 197. The topological polar surface area (TPSA) is 47.7 Å². The molecule has 0 saturated carbocycles. The average molecular weight is 230 g/mol. The molecule has 4 heteroatoms. The molecule has 0 aromatic carbocycles. The molecule has 1 aliphatic rings. The molecule has 1 heterocycles. The van der Waals surface area contributed by atoms with Crippen molar-refractivity contribution in [2.24, 2.45) is 5.73 Å². The van der Waals surface area contributed by atoms with E-state index in [2.05, 4.69) is 25.7 Å². The lowest BCUT2D eigenvalue weighted by Gasteiger charge is -2.42. The molecule has 16 heavy (non-hydrogen) atoms. The van der Waals surface area contributed by atoms with Gasteiger partial charge in [-0.1, -0.05) is 6.92 Å². The first-order valence-corrected chi connectivity index (χ1v) is 6.25. The molecule has 96 valence electrons. The maximum atomic E-state index is 5.87. The van der Waals surface area contributed by atoms with Crippen molar-refractivity contribution in [1.29, 1.82) is 0 Å². The van der Waals surface area contributed by atoms with Gasteiger partial charge in [-0.25, -0.2) is 0 Å². The zero-order valence-electron chi connectivity index (χ0n) is 10.9. The van der Waals surface area contributed by atoms with Gasteiger partial charge in [-0.05, 0) is 20.3 Å². The highest BCUT2D eigenvalue weighted by atomic mass is 16.5. The molecule has 1 atom stereocenters. The quantitative estimate of drug-likeness (QED) is 0.687. The van der Waals surface area contributed by atoms with Crippen LogP contribution in [-0.4, -0.2) is 56.0 Å². The molecule has 4 nitrogen and oxygen atoms in total. The van der Waals surface area contributed by atoms with Crippen LogP contribution in [0.5, 0.6) is 0 Å². The first-order valence-electron chi connectivity index (χ1n) is 6.25. The van der Waals surface area contributed by atoms with Crippen molar-refractivity contribution in [3.63, 3.8) is 0 Å². The number of nitrogens with two attached hydrogens (primary N) is 1. The monoisotopic (exact) mass is 230 g/mol. The summed E-state index contributed by atoms with van der Waals surface area (Å²) in [5.74, 6) is 0. The van der Waals surface area contributed by atoms with Crippen LogP contribution in [0.4, 0.5) is 0 Å². The Hall–Kier alpha value is -0.160. The van der Waals surface area contributed by atoms with Gasteiger partial charge >= 0.3 is 0 Å². The van der Waals surface area contributed by atoms with Crippen LogP contribution < -0.4 is 5.73 Å². The molecule has 1 aliphatic heterocycles. The largest absolute Gasteiger partial charge is 0.380 e. The van der Waals surface area contributed by atoms with E-state index in [1.807, 2.05) is 0 Å². The molecule has 1 saturated heterocycles. The summed E-state index contributed by atoms with van der Waals surface area (Å²) in [7, 11) is 0. The lowest BCUT2D eigenvalue weighted by atomic mass is 10.1. The minimum Gasteiger partial charge on any atom is -0.380 e. The number of hydrogen-bond donors (Lipinski definition) is 1. The summed E-state index contributed by atoms with van der Waals surface area (Å²) >= 11 is 0. The second-order valence-electron chi connectivity index (χ2n) is 5.08. The Balaban J connectivity index is 2.29. The highest BCUT2D eigenvalue weighted by Gasteiger charge is 2.32. The Morgan fingerprint density at radius 2 is 2.19 bits per heavy atom. The van der Waals surface area contributed by atoms with Gasteiger partial charge in [-0.3, -0.25) is 4.90 Å². The SMILES string of the molecule is CCCOCCN1CC(CN)OC(C)(C)C1. The average Bonchev–Trinajstić information content (AvgIpc) is 2.22. The van der Waals surface area contributed by atoms with Gasteiger partial charge in [0.2, 0.25) is 0 Å². The third-order valence-corrected chi connectivity index (χ3v) is 2.72. The van der Waals surface area contributed by atoms with Gasteiger partial charge in [0, 0.05) is 32.8 Å². The van der Waals surface area contributed by atoms with E-state index in [0.29, 0.717) is 6.54 Å². The van der Waals surface area contributed by atoms with Gasteiger partial charge in [0.05, 0.1) is 18.3 Å². The third kappa shape index (κ3) is 4.78. The van der Waals surface area contributed by atoms with Crippen molar-refractivity contribution in [2.75, 3.05) is 39.4 Å². The second-order valence-corrected chi connectivity index (χ2v) is 5.08. The van der Waals surface area contributed by atoms with E-state index in [-0.39, 0.29) is 11.7 Å². The summed E-state index contributed by atoms with van der Waals surface area (Å²) < 4.78 is 11.4. The van der Waals surface area contributed by atoms with Crippen molar-refractivity contribution in [3.8, 4) is 0 Å². The highest BCUT2D eigenvalue weighted by Crippen LogP contribution is 2.20. The van der Waals surface area contributed by atoms with E-state index < -0.39 is 0 Å². The van der Waals surface area contributed by atoms with Crippen molar-refractivity contribution >= 4 is 0 Å². The van der Waals surface area contributed by atoms with Crippen LogP contribution in [0.2, 0.25) is 0 Å². The molecule has 0 spiro atoms. The molecular formula is C12H26N2O2. The van der Waals surface area contributed by atoms with Crippen molar-refractivity contribution in [1.82, 2.24) is 4.90 Å². The summed E-state index contributed by atoms with van der Waals surface area (Å²) in [5.41, 5.74) is 5.59. The molecule has 1 unspecified atom stereocenters. The summed E-state index contributed by atoms with van der Waals surface area (Å²) in [6, 6.07) is 0. The Labute approximate surface area is 99.1 Å². The van der Waals surface area contributed by atoms with Crippen LogP contribution in [-0.2, 0) is 9.47 Å². The highest BCUT2D eigenvalue weighted by molar-refractivity contribution is 4.84. The number of nitrogens with zero attached hydrogens (tertiary/aromatic N) is 1. The van der Waals surface area contributed by atoms with Crippen LogP contribution in [0.15, 0.2) is 0 Å². The molecular weight excluding hydrogens is 204 g/mol. The molecule has 1 rings (SSSR count). The summed E-state index contributed by atoms with van der Waals surface area (Å²) in [6.07, 6.45) is 1.25. The molecule has 0 aliphatic carbocycles. The summed E-state index contributed by atoms with van der Waals surface area (Å²) in [5, 5.41) is 0. The molecule has 0 aromatic heterocycles. The fraction of sp³-hybridized carbons (Fsp3) is 1.00. The van der Waals surface area contributed by atoms with Crippen LogP contribution in [0, 0.1) is 0 Å². The number of morpholine rings is 1. The second kappa shape index (κ2) is 6.55. The smallest absolute Gasteiger partial charge is 0.0831 e. The van der Waals surface area contributed by atoms with Crippen molar-refractivity contribution in [2.45, 2.75) is 38.9 Å². The third-order valence-electron chi connectivity index (χ3n) is 2.72. The summed E-state index contributed by atoms with van der Waals surface area (Å²) in [6.45, 7) is 11.5. The fourth-order valence-electron chi connectivity index (χ4n) is 2.15. The maximum absolute atomic E-state index is 5.87. The van der Waals surface area contributed by atoms with Gasteiger partial charge in [0.25, 0.3) is 0 Å². The van der Waals surface area contributed by atoms with E-state index in [9.17, 15) is 0 Å². The number of ether oxygens (including phenoxy) is 2. The fourth-order valence-corrected chi connectivity index (χ4v) is 2.15. The first kappa shape index (κ1) is 13.9. The normalized spacial score (nSPS) is 25.9. The van der Waals surface area contributed by atoms with E-state index >= 15 is 0 Å². The van der Waals surface area contributed by atoms with Crippen molar-refractivity contribution in [3.05, 3.63) is 0 Å². The van der Waals surface area contributed by atoms with Gasteiger partial charge in [-0.15, -0.1) is 0 Å². The predicted octanol–water partition coefficient (Wildman–Crippen LogP) is 0.851. The number of hydrogen-bond acceptors (Lipinski definition) is 4. The minimum atomic E-state index is -0.0902. The zero-order valence-corrected chi connectivity index (χ0v) is 10.9. The Kier molecular flexibility index (Phi) is 5.69. The van der Waals surface area contributed by atoms with E-state index in [0.717, 1.165) is 39.3 Å².